The number of nitrogens with one attached hydrogen (secondary N) is 1. The summed E-state index contributed by atoms with van der Waals surface area (Å²) in [6, 6.07) is 0. The molecule has 0 saturated carbocycles. The Balaban J connectivity index is 2.96. The highest BCUT2D eigenvalue weighted by Crippen LogP contribution is 1.88. The Kier molecular flexibility index (Phi) is 6.42. The molecule has 0 heterocycles. The van der Waals surface area contributed by atoms with E-state index < -0.39 is 6.09 Å². The monoisotopic (exact) mass is 165 g/mol. The van der Waals surface area contributed by atoms with Crippen LogP contribution in [0.3, 0.4) is 0 Å². The van der Waals surface area contributed by atoms with Crippen LogP contribution in [0.15, 0.2) is 0 Å². The van der Waals surface area contributed by atoms with Crippen molar-refractivity contribution >= 4 is 17.9 Å². The van der Waals surface area contributed by atoms with E-state index in [0.29, 0.717) is 6.61 Å². The summed E-state index contributed by atoms with van der Waals surface area (Å²) in [6.45, 7) is 0.496. The first-order valence-corrected chi connectivity index (χ1v) is 4.15. The minimum atomic E-state index is -0.568. The maximum absolute atomic E-state index is 10.3. The predicted octanol–water partition coefficient (Wildman–Crippen LogP) is 0.637. The van der Waals surface area contributed by atoms with Crippen molar-refractivity contribution in [3.63, 3.8) is 0 Å². The number of hydrogen-bond acceptors (Lipinski definition) is 4. The van der Waals surface area contributed by atoms with Crippen LogP contribution in [0.5, 0.6) is 0 Å². The van der Waals surface area contributed by atoms with Crippen LogP contribution in [0.1, 0.15) is 0 Å². The Hall–Kier alpha value is -0.420. The lowest BCUT2D eigenvalue weighted by atomic mass is 10.9. The van der Waals surface area contributed by atoms with Gasteiger partial charge in [-0.1, -0.05) is 0 Å². The third-order valence-electron chi connectivity index (χ3n) is 0.730. The average molecular weight is 165 g/mol. The molecule has 10 heavy (non-hydrogen) atoms. The van der Waals surface area contributed by atoms with E-state index in [1.165, 1.54) is 7.11 Å². The summed E-state index contributed by atoms with van der Waals surface area (Å²) in [5.74, 6) is 0.851. The number of carbonyl (C=O) groups is 1. The zero-order chi connectivity index (χ0) is 7.82. The molecule has 0 saturated heterocycles. The van der Waals surface area contributed by atoms with Gasteiger partial charge in [-0.25, -0.2) is 4.79 Å². The van der Waals surface area contributed by atoms with Crippen LogP contribution >= 0.6 is 11.8 Å². The number of ether oxygens (including phenoxy) is 1. The molecule has 0 fully saturated rings. The van der Waals surface area contributed by atoms with Gasteiger partial charge >= 0.3 is 6.09 Å². The minimum absolute atomic E-state index is 0.496. The average Bonchev–Trinajstić information content (AvgIpc) is 1.98. The molecule has 0 spiro atoms. The van der Waals surface area contributed by atoms with E-state index >= 15 is 0 Å². The first kappa shape index (κ1) is 9.58. The van der Waals surface area contributed by atoms with Gasteiger partial charge in [0.1, 0.15) is 0 Å². The Labute approximate surface area is 64.2 Å². The van der Waals surface area contributed by atoms with Crippen LogP contribution in [-0.2, 0) is 9.57 Å². The van der Waals surface area contributed by atoms with Crippen molar-refractivity contribution in [2.75, 3.05) is 25.7 Å². The zero-order valence-corrected chi connectivity index (χ0v) is 6.86. The van der Waals surface area contributed by atoms with Crippen molar-refractivity contribution < 1.29 is 14.4 Å². The number of amides is 1. The number of thioether (sulfide) groups is 1. The molecule has 0 bridgehead atoms. The predicted molar refractivity (Wildman–Crippen MR) is 39.9 cm³/mol. The van der Waals surface area contributed by atoms with Crippen LogP contribution in [0.2, 0.25) is 0 Å². The smallest absolute Gasteiger partial charge is 0.431 e. The maximum atomic E-state index is 10.3. The molecule has 0 rings (SSSR count). The van der Waals surface area contributed by atoms with Crippen LogP contribution in [0.4, 0.5) is 4.79 Å². The first-order chi connectivity index (χ1) is 4.81. The molecule has 0 aliphatic heterocycles. The van der Waals surface area contributed by atoms with Crippen LogP contribution in [0, 0.1) is 0 Å². The highest BCUT2D eigenvalue weighted by Gasteiger charge is 1.94. The summed E-state index contributed by atoms with van der Waals surface area (Å²) < 4.78 is 4.25. The van der Waals surface area contributed by atoms with Gasteiger partial charge in [0.2, 0.25) is 0 Å². The van der Waals surface area contributed by atoms with E-state index in [4.69, 9.17) is 0 Å². The molecule has 1 N–H and O–H groups in total. The number of hydrogen-bond donors (Lipinski definition) is 1. The van der Waals surface area contributed by atoms with Crippen LogP contribution < -0.4 is 5.48 Å². The lowest BCUT2D eigenvalue weighted by Crippen LogP contribution is -2.24. The van der Waals surface area contributed by atoms with Gasteiger partial charge in [0.25, 0.3) is 0 Å². The van der Waals surface area contributed by atoms with Crippen LogP contribution in [0.25, 0.3) is 0 Å². The van der Waals surface area contributed by atoms with Gasteiger partial charge in [-0.15, -0.1) is 0 Å². The van der Waals surface area contributed by atoms with Crippen molar-refractivity contribution in [3.8, 4) is 0 Å². The van der Waals surface area contributed by atoms with Crippen molar-refractivity contribution in [2.24, 2.45) is 0 Å². The Morgan fingerprint density at radius 1 is 1.70 bits per heavy atom. The Morgan fingerprint density at radius 3 is 2.90 bits per heavy atom. The van der Waals surface area contributed by atoms with Gasteiger partial charge < -0.3 is 4.74 Å². The summed E-state index contributed by atoms with van der Waals surface area (Å²) >= 11 is 1.64. The molecule has 0 aliphatic carbocycles. The van der Waals surface area contributed by atoms with E-state index in [9.17, 15) is 4.79 Å². The second-order valence-corrected chi connectivity index (χ2v) is 2.42. The largest absolute Gasteiger partial charge is 0.451 e. The SMILES string of the molecule is COC(=O)NOCCSC. The molecule has 0 radical (unpaired) electrons. The Bertz CT molecular complexity index is 98.9. The van der Waals surface area contributed by atoms with E-state index in [2.05, 4.69) is 15.1 Å². The quantitative estimate of drug-likeness (QED) is 0.490. The van der Waals surface area contributed by atoms with Gasteiger partial charge in [0.15, 0.2) is 0 Å². The highest BCUT2D eigenvalue weighted by atomic mass is 32.2. The third kappa shape index (κ3) is 5.71. The van der Waals surface area contributed by atoms with Crippen molar-refractivity contribution in [2.45, 2.75) is 0 Å². The topological polar surface area (TPSA) is 47.6 Å². The highest BCUT2D eigenvalue weighted by molar-refractivity contribution is 7.98. The van der Waals surface area contributed by atoms with Gasteiger partial charge in [0, 0.05) is 5.75 Å². The van der Waals surface area contributed by atoms with Gasteiger partial charge in [-0.05, 0) is 6.26 Å². The third-order valence-corrected chi connectivity index (χ3v) is 1.31. The van der Waals surface area contributed by atoms with E-state index in [1.54, 1.807) is 11.8 Å². The second-order valence-electron chi connectivity index (χ2n) is 1.43. The van der Waals surface area contributed by atoms with E-state index in [0.717, 1.165) is 5.75 Å². The number of carbonyl (C=O) groups excluding carboxylic acids is 1. The fourth-order valence-corrected chi connectivity index (χ4v) is 0.527. The molecular weight excluding hydrogens is 154 g/mol. The maximum Gasteiger partial charge on any atom is 0.431 e. The fraction of sp³-hybridized carbons (Fsp3) is 0.800. The molecular formula is C5H11NO3S. The minimum Gasteiger partial charge on any atom is -0.451 e. The van der Waals surface area contributed by atoms with Gasteiger partial charge in [0.05, 0.1) is 13.7 Å². The molecule has 4 nitrogen and oxygen atoms in total. The summed E-state index contributed by atoms with van der Waals surface area (Å²) in [7, 11) is 1.28. The van der Waals surface area contributed by atoms with Gasteiger partial charge in [-0.2, -0.15) is 17.2 Å². The van der Waals surface area contributed by atoms with Crippen molar-refractivity contribution in [1.29, 1.82) is 0 Å². The second kappa shape index (κ2) is 6.70. The lowest BCUT2D eigenvalue weighted by Gasteiger charge is -2.01. The molecule has 0 aromatic carbocycles. The molecule has 0 aromatic rings. The zero-order valence-electron chi connectivity index (χ0n) is 6.05. The first-order valence-electron chi connectivity index (χ1n) is 2.76. The molecule has 60 valence electrons. The number of hydroxylamine groups is 1. The van der Waals surface area contributed by atoms with Crippen molar-refractivity contribution in [3.05, 3.63) is 0 Å². The molecule has 5 heteroatoms. The summed E-state index contributed by atoms with van der Waals surface area (Å²) in [5, 5.41) is 0. The fourth-order valence-electron chi connectivity index (χ4n) is 0.277. The lowest BCUT2D eigenvalue weighted by molar-refractivity contribution is 0.0439. The van der Waals surface area contributed by atoms with Crippen LogP contribution in [-0.4, -0.2) is 31.8 Å². The normalized spacial score (nSPS) is 9.00. The van der Waals surface area contributed by atoms with Crippen molar-refractivity contribution in [1.82, 2.24) is 5.48 Å². The molecule has 1 amide bonds. The van der Waals surface area contributed by atoms with Gasteiger partial charge in [-0.3, -0.25) is 4.84 Å². The molecule has 0 aliphatic rings. The Morgan fingerprint density at radius 2 is 2.40 bits per heavy atom. The molecule has 0 unspecified atom stereocenters. The summed E-state index contributed by atoms with van der Waals surface area (Å²) in [4.78, 5) is 15.0. The summed E-state index contributed by atoms with van der Waals surface area (Å²) in [5.41, 5.74) is 2.09. The van der Waals surface area contributed by atoms with E-state index in [-0.39, 0.29) is 0 Å². The molecule has 0 atom stereocenters. The number of rotatable bonds is 4. The standard InChI is InChI=1S/C5H11NO3S/c1-8-5(7)6-9-3-4-10-2/h3-4H2,1-2H3,(H,6,7). The number of methoxy groups -OCH3 is 1. The summed E-state index contributed by atoms with van der Waals surface area (Å²) in [6.07, 6.45) is 1.39. The van der Waals surface area contributed by atoms with E-state index in [1.807, 2.05) is 6.26 Å². The molecule has 0 aromatic heterocycles.